The van der Waals surface area contributed by atoms with Gasteiger partial charge < -0.3 is 15.0 Å². The first kappa shape index (κ1) is 17.0. The van der Waals surface area contributed by atoms with Crippen molar-refractivity contribution in [2.75, 3.05) is 13.2 Å². The second kappa shape index (κ2) is 7.79. The van der Waals surface area contributed by atoms with E-state index in [2.05, 4.69) is 5.32 Å². The maximum absolute atomic E-state index is 12.4. The summed E-state index contributed by atoms with van der Waals surface area (Å²) in [6.07, 6.45) is 5.60. The quantitative estimate of drug-likeness (QED) is 0.824. The zero-order valence-electron chi connectivity index (χ0n) is 13.5. The molecule has 0 unspecified atom stereocenters. The van der Waals surface area contributed by atoms with Gasteiger partial charge in [-0.25, -0.2) is 4.79 Å². The molecule has 1 aromatic rings. The Kier molecular flexibility index (Phi) is 5.50. The van der Waals surface area contributed by atoms with E-state index in [1.54, 1.807) is 11.0 Å². The largest absolute Gasteiger partial charge is 0.454 e. The van der Waals surface area contributed by atoms with Crippen LogP contribution in [-0.2, 0) is 14.3 Å². The summed E-state index contributed by atoms with van der Waals surface area (Å²) < 4.78 is 5.15. The topological polar surface area (TPSA) is 75.7 Å². The summed E-state index contributed by atoms with van der Waals surface area (Å²) in [5.74, 6) is -0.886. The minimum absolute atomic E-state index is 0.139. The first-order valence-corrected chi connectivity index (χ1v) is 9.33. The minimum atomic E-state index is -0.584. The zero-order valence-corrected chi connectivity index (χ0v) is 14.3. The Bertz CT molecular complexity index is 596. The molecule has 1 N–H and O–H groups in total. The molecule has 6 nitrogen and oxygen atoms in total. The van der Waals surface area contributed by atoms with E-state index >= 15 is 0 Å². The lowest BCUT2D eigenvalue weighted by molar-refractivity contribution is -0.152. The number of hydrogen-bond acceptors (Lipinski definition) is 5. The van der Waals surface area contributed by atoms with Gasteiger partial charge >= 0.3 is 5.97 Å². The number of rotatable bonds is 5. The highest BCUT2D eigenvalue weighted by Gasteiger charge is 2.36. The molecule has 7 heteroatoms. The van der Waals surface area contributed by atoms with Crippen LogP contribution in [0.1, 0.15) is 48.2 Å². The summed E-state index contributed by atoms with van der Waals surface area (Å²) in [4.78, 5) is 38.8. The van der Waals surface area contributed by atoms with Gasteiger partial charge in [-0.15, -0.1) is 11.3 Å². The molecule has 0 bridgehead atoms. The number of likely N-dealkylation sites (tertiary alicyclic amines) is 1. The van der Waals surface area contributed by atoms with Crippen molar-refractivity contribution in [1.29, 1.82) is 0 Å². The van der Waals surface area contributed by atoms with Gasteiger partial charge in [0.1, 0.15) is 6.04 Å². The zero-order chi connectivity index (χ0) is 16.9. The molecule has 0 radical (unpaired) electrons. The van der Waals surface area contributed by atoms with E-state index in [1.165, 1.54) is 11.3 Å². The van der Waals surface area contributed by atoms with Crippen molar-refractivity contribution in [3.05, 3.63) is 22.4 Å². The smallest absolute Gasteiger partial charge is 0.329 e. The van der Waals surface area contributed by atoms with Gasteiger partial charge in [-0.1, -0.05) is 18.9 Å². The summed E-state index contributed by atoms with van der Waals surface area (Å²) in [5.41, 5.74) is 0. The maximum atomic E-state index is 12.4. The van der Waals surface area contributed by atoms with Gasteiger partial charge in [0.2, 0.25) is 0 Å². The standard InChI is InChI=1S/C17H22N2O4S/c20-15(18-12-5-1-2-6-12)11-23-17(22)13-7-3-9-19(13)16(21)14-8-4-10-24-14/h4,8,10,12-13H,1-3,5-7,9,11H2,(H,18,20)/t13-/m0/s1. The number of carbonyl (C=O) groups is 3. The van der Waals surface area contributed by atoms with Crippen LogP contribution in [0.15, 0.2) is 17.5 Å². The van der Waals surface area contributed by atoms with E-state index in [1.807, 2.05) is 11.4 Å². The SMILES string of the molecule is O=C(COC(=O)[C@@H]1CCCN1C(=O)c1cccs1)NC1CCCC1. The van der Waals surface area contributed by atoms with Crippen LogP contribution in [0.4, 0.5) is 0 Å². The molecular weight excluding hydrogens is 328 g/mol. The van der Waals surface area contributed by atoms with Crippen molar-refractivity contribution in [3.8, 4) is 0 Å². The third-order valence-corrected chi connectivity index (χ3v) is 5.44. The van der Waals surface area contributed by atoms with E-state index in [4.69, 9.17) is 4.74 Å². The number of ether oxygens (including phenoxy) is 1. The monoisotopic (exact) mass is 350 g/mol. The van der Waals surface area contributed by atoms with Crippen LogP contribution < -0.4 is 5.32 Å². The predicted molar refractivity (Wildman–Crippen MR) is 89.7 cm³/mol. The maximum Gasteiger partial charge on any atom is 0.329 e. The second-order valence-electron chi connectivity index (χ2n) is 6.29. The molecule has 1 aliphatic carbocycles. The van der Waals surface area contributed by atoms with E-state index in [9.17, 15) is 14.4 Å². The average molecular weight is 350 g/mol. The van der Waals surface area contributed by atoms with Gasteiger partial charge in [0.15, 0.2) is 6.61 Å². The molecule has 1 aliphatic heterocycles. The number of thiophene rings is 1. The molecule has 1 atom stereocenters. The van der Waals surface area contributed by atoms with Crippen LogP contribution in [0.25, 0.3) is 0 Å². The molecule has 3 rings (SSSR count). The van der Waals surface area contributed by atoms with Crippen LogP contribution in [0.3, 0.4) is 0 Å². The normalized spacial score (nSPS) is 21.0. The molecule has 24 heavy (non-hydrogen) atoms. The Hall–Kier alpha value is -1.89. The van der Waals surface area contributed by atoms with Crippen LogP contribution in [0.5, 0.6) is 0 Å². The number of esters is 1. The van der Waals surface area contributed by atoms with Crippen molar-refractivity contribution in [2.24, 2.45) is 0 Å². The summed E-state index contributed by atoms with van der Waals surface area (Å²) in [6, 6.07) is 3.19. The first-order chi connectivity index (χ1) is 11.6. The second-order valence-corrected chi connectivity index (χ2v) is 7.24. The molecule has 2 aliphatic rings. The molecule has 2 amide bonds. The molecular formula is C17H22N2O4S. The number of amides is 2. The number of nitrogens with one attached hydrogen (secondary N) is 1. The molecule has 1 saturated heterocycles. The molecule has 2 heterocycles. The highest BCUT2D eigenvalue weighted by atomic mass is 32.1. The highest BCUT2D eigenvalue weighted by molar-refractivity contribution is 7.12. The summed E-state index contributed by atoms with van der Waals surface area (Å²) >= 11 is 1.36. The van der Waals surface area contributed by atoms with Crippen molar-refractivity contribution >= 4 is 29.1 Å². The van der Waals surface area contributed by atoms with Gasteiger partial charge in [-0.05, 0) is 37.1 Å². The lowest BCUT2D eigenvalue weighted by Crippen LogP contribution is -2.43. The van der Waals surface area contributed by atoms with E-state index in [0.717, 1.165) is 32.1 Å². The van der Waals surface area contributed by atoms with Crippen molar-refractivity contribution < 1.29 is 19.1 Å². The van der Waals surface area contributed by atoms with Crippen molar-refractivity contribution in [1.82, 2.24) is 10.2 Å². The Labute approximate surface area is 145 Å². The Morgan fingerprint density at radius 3 is 2.71 bits per heavy atom. The lowest BCUT2D eigenvalue weighted by atomic mass is 10.2. The fourth-order valence-electron chi connectivity index (χ4n) is 3.37. The highest BCUT2D eigenvalue weighted by Crippen LogP contribution is 2.23. The van der Waals surface area contributed by atoms with E-state index in [-0.39, 0.29) is 24.5 Å². The van der Waals surface area contributed by atoms with Crippen LogP contribution in [0.2, 0.25) is 0 Å². The summed E-state index contributed by atoms with van der Waals surface area (Å²) in [5, 5.41) is 4.72. The fourth-order valence-corrected chi connectivity index (χ4v) is 4.05. The Balaban J connectivity index is 1.50. The van der Waals surface area contributed by atoms with Crippen molar-refractivity contribution in [3.63, 3.8) is 0 Å². The van der Waals surface area contributed by atoms with Crippen LogP contribution >= 0.6 is 11.3 Å². The fraction of sp³-hybridized carbons (Fsp3) is 0.588. The number of nitrogens with zero attached hydrogens (tertiary/aromatic N) is 1. The predicted octanol–water partition coefficient (Wildman–Crippen LogP) is 1.95. The minimum Gasteiger partial charge on any atom is -0.454 e. The third kappa shape index (κ3) is 3.95. The van der Waals surface area contributed by atoms with E-state index in [0.29, 0.717) is 17.8 Å². The van der Waals surface area contributed by atoms with Gasteiger partial charge in [-0.3, -0.25) is 9.59 Å². The molecule has 130 valence electrons. The van der Waals surface area contributed by atoms with Crippen molar-refractivity contribution in [2.45, 2.75) is 50.6 Å². The number of hydrogen-bond donors (Lipinski definition) is 1. The van der Waals surface area contributed by atoms with Gasteiger partial charge in [0.05, 0.1) is 4.88 Å². The average Bonchev–Trinajstić information content (AvgIpc) is 3.33. The first-order valence-electron chi connectivity index (χ1n) is 8.45. The molecule has 0 spiro atoms. The Morgan fingerprint density at radius 1 is 1.21 bits per heavy atom. The van der Waals surface area contributed by atoms with Gasteiger partial charge in [0.25, 0.3) is 11.8 Å². The molecule has 0 aromatic carbocycles. The van der Waals surface area contributed by atoms with Gasteiger partial charge in [0, 0.05) is 12.6 Å². The van der Waals surface area contributed by atoms with Crippen LogP contribution in [0, 0.1) is 0 Å². The van der Waals surface area contributed by atoms with E-state index < -0.39 is 12.0 Å². The third-order valence-electron chi connectivity index (χ3n) is 4.58. The molecule has 1 aromatic heterocycles. The molecule has 2 fully saturated rings. The number of carbonyl (C=O) groups excluding carboxylic acids is 3. The lowest BCUT2D eigenvalue weighted by Gasteiger charge is -2.22. The summed E-state index contributed by atoms with van der Waals surface area (Å²) in [7, 11) is 0. The Morgan fingerprint density at radius 2 is 2.00 bits per heavy atom. The molecule has 1 saturated carbocycles. The van der Waals surface area contributed by atoms with Gasteiger partial charge in [-0.2, -0.15) is 0 Å². The summed E-state index contributed by atoms with van der Waals surface area (Å²) in [6.45, 7) is 0.275. The van der Waals surface area contributed by atoms with Crippen LogP contribution in [-0.4, -0.2) is 47.9 Å².